The molecule has 1 atom stereocenters. The van der Waals surface area contributed by atoms with E-state index in [1.807, 2.05) is 36.4 Å². The Morgan fingerprint density at radius 2 is 2.11 bits per heavy atom. The van der Waals surface area contributed by atoms with Crippen molar-refractivity contribution in [1.29, 1.82) is 0 Å². The summed E-state index contributed by atoms with van der Waals surface area (Å²) in [5, 5.41) is 8.84. The Hall–Kier alpha value is -1.77. The molecule has 0 fully saturated rings. The fourth-order valence-corrected chi connectivity index (χ4v) is 2.34. The van der Waals surface area contributed by atoms with E-state index >= 15 is 0 Å². The van der Waals surface area contributed by atoms with Gasteiger partial charge in [-0.3, -0.25) is 4.79 Å². The van der Waals surface area contributed by atoms with Crippen LogP contribution in [0.3, 0.4) is 0 Å². The summed E-state index contributed by atoms with van der Waals surface area (Å²) in [6.07, 6.45) is 6.50. The van der Waals surface area contributed by atoms with Gasteiger partial charge in [0.2, 0.25) is 0 Å². The van der Waals surface area contributed by atoms with Crippen molar-refractivity contribution in [3.05, 3.63) is 35.9 Å². The van der Waals surface area contributed by atoms with Gasteiger partial charge in [-0.25, -0.2) is 0 Å². The molecule has 0 radical (unpaired) electrons. The molecule has 1 unspecified atom stereocenters. The van der Waals surface area contributed by atoms with Crippen LogP contribution in [0.15, 0.2) is 30.3 Å². The first kappa shape index (κ1) is 12.7. The molecule has 0 spiro atoms. The molecule has 2 rings (SSSR count). The summed E-state index contributed by atoms with van der Waals surface area (Å²) in [5.41, 5.74) is 0.598. The maximum Gasteiger partial charge on any atom is 0.303 e. The predicted molar refractivity (Wildman–Crippen MR) is 70.6 cm³/mol. The van der Waals surface area contributed by atoms with Gasteiger partial charge in [-0.1, -0.05) is 37.6 Å². The van der Waals surface area contributed by atoms with Crippen LogP contribution < -0.4 is 4.74 Å². The smallest absolute Gasteiger partial charge is 0.303 e. The van der Waals surface area contributed by atoms with Crippen molar-refractivity contribution in [2.45, 2.75) is 38.2 Å². The Labute approximate surface area is 107 Å². The van der Waals surface area contributed by atoms with Crippen molar-refractivity contribution in [2.24, 2.45) is 0 Å². The van der Waals surface area contributed by atoms with Crippen LogP contribution in [0.5, 0.6) is 5.75 Å². The van der Waals surface area contributed by atoms with Gasteiger partial charge in [-0.2, -0.15) is 0 Å². The van der Waals surface area contributed by atoms with Crippen LogP contribution >= 0.6 is 0 Å². The third-order valence-corrected chi connectivity index (χ3v) is 3.23. The molecule has 0 aromatic heterocycles. The first-order valence-corrected chi connectivity index (χ1v) is 6.34. The van der Waals surface area contributed by atoms with E-state index in [0.29, 0.717) is 6.42 Å². The van der Waals surface area contributed by atoms with Crippen LogP contribution in [0, 0.1) is 0 Å². The topological polar surface area (TPSA) is 46.5 Å². The zero-order valence-corrected chi connectivity index (χ0v) is 10.6. The van der Waals surface area contributed by atoms with Gasteiger partial charge in [-0.15, -0.1) is 0 Å². The number of carbonyl (C=O) groups is 1. The van der Waals surface area contributed by atoms with Crippen molar-refractivity contribution < 1.29 is 14.6 Å². The molecule has 1 aliphatic rings. The molecular weight excluding hydrogens is 228 g/mol. The molecule has 18 heavy (non-hydrogen) atoms. The summed E-state index contributed by atoms with van der Waals surface area (Å²) in [5.74, 6) is 0.0696. The van der Waals surface area contributed by atoms with Crippen LogP contribution in [0.4, 0.5) is 0 Å². The zero-order chi connectivity index (χ0) is 13.0. The molecule has 1 aliphatic heterocycles. The highest BCUT2D eigenvalue weighted by molar-refractivity contribution is 5.67. The van der Waals surface area contributed by atoms with Crippen LogP contribution in [0.1, 0.15) is 38.2 Å². The number of carboxylic acids is 1. The molecule has 1 N–H and O–H groups in total. The van der Waals surface area contributed by atoms with Gasteiger partial charge < -0.3 is 9.84 Å². The van der Waals surface area contributed by atoms with Crippen LogP contribution in [0.2, 0.25) is 0 Å². The lowest BCUT2D eigenvalue weighted by Gasteiger charge is -2.34. The number of carboxylic acid groups (broad SMARTS) is 1. The number of rotatable bonds is 5. The highest BCUT2D eigenvalue weighted by Gasteiger charge is 2.32. The number of benzene rings is 1. The Bertz CT molecular complexity index is 465. The van der Waals surface area contributed by atoms with Crippen molar-refractivity contribution in [2.75, 3.05) is 0 Å². The van der Waals surface area contributed by atoms with Gasteiger partial charge in [0.15, 0.2) is 0 Å². The molecule has 0 aliphatic carbocycles. The highest BCUT2D eigenvalue weighted by atomic mass is 16.5. The van der Waals surface area contributed by atoms with E-state index in [4.69, 9.17) is 9.84 Å². The lowest BCUT2D eigenvalue weighted by atomic mass is 9.89. The van der Waals surface area contributed by atoms with E-state index in [0.717, 1.165) is 24.2 Å². The standard InChI is InChI=1S/C15H18O3/c1-2-9-15(11-8-14(16)17)10-7-12-5-3-4-6-13(12)18-15/h3-7,10H,2,8-9,11H2,1H3,(H,16,17). The summed E-state index contributed by atoms with van der Waals surface area (Å²) < 4.78 is 6.06. The second-order valence-corrected chi connectivity index (χ2v) is 4.68. The largest absolute Gasteiger partial charge is 0.483 e. The van der Waals surface area contributed by atoms with Crippen molar-refractivity contribution in [3.8, 4) is 5.75 Å². The van der Waals surface area contributed by atoms with Gasteiger partial charge in [0, 0.05) is 18.4 Å². The van der Waals surface area contributed by atoms with Gasteiger partial charge >= 0.3 is 5.97 Å². The molecule has 0 saturated heterocycles. The molecular formula is C15H18O3. The van der Waals surface area contributed by atoms with E-state index in [1.165, 1.54) is 0 Å². The van der Waals surface area contributed by atoms with Gasteiger partial charge in [-0.05, 0) is 18.6 Å². The lowest BCUT2D eigenvalue weighted by Crippen LogP contribution is -2.36. The monoisotopic (exact) mass is 246 g/mol. The average Bonchev–Trinajstić information content (AvgIpc) is 2.37. The molecule has 3 heteroatoms. The van der Waals surface area contributed by atoms with E-state index in [1.54, 1.807) is 0 Å². The minimum atomic E-state index is -0.777. The summed E-state index contributed by atoms with van der Waals surface area (Å²) in [6.45, 7) is 2.08. The summed E-state index contributed by atoms with van der Waals surface area (Å²) in [6, 6.07) is 7.84. The third-order valence-electron chi connectivity index (χ3n) is 3.23. The zero-order valence-electron chi connectivity index (χ0n) is 10.6. The molecule has 0 amide bonds. The second-order valence-electron chi connectivity index (χ2n) is 4.68. The Morgan fingerprint density at radius 3 is 2.83 bits per heavy atom. The van der Waals surface area contributed by atoms with Crippen LogP contribution in [0.25, 0.3) is 6.08 Å². The third kappa shape index (κ3) is 2.73. The van der Waals surface area contributed by atoms with Gasteiger partial charge in [0.25, 0.3) is 0 Å². The number of aliphatic carboxylic acids is 1. The van der Waals surface area contributed by atoms with Crippen LogP contribution in [-0.2, 0) is 4.79 Å². The highest BCUT2D eigenvalue weighted by Crippen LogP contribution is 2.36. The maximum absolute atomic E-state index is 10.8. The SMILES string of the molecule is CCCC1(CCC(=O)O)C=Cc2ccccc2O1. The number of ether oxygens (including phenoxy) is 1. The minimum Gasteiger partial charge on any atom is -0.483 e. The number of fused-ring (bicyclic) bond motifs is 1. The minimum absolute atomic E-state index is 0.131. The van der Waals surface area contributed by atoms with E-state index < -0.39 is 11.6 Å². The molecule has 96 valence electrons. The molecule has 0 saturated carbocycles. The van der Waals surface area contributed by atoms with Crippen molar-refractivity contribution >= 4 is 12.0 Å². The normalized spacial score (nSPS) is 21.2. The molecule has 1 aromatic carbocycles. The predicted octanol–water partition coefficient (Wildman–Crippen LogP) is 3.50. The quantitative estimate of drug-likeness (QED) is 0.865. The van der Waals surface area contributed by atoms with Crippen molar-refractivity contribution in [1.82, 2.24) is 0 Å². The van der Waals surface area contributed by atoms with Crippen LogP contribution in [-0.4, -0.2) is 16.7 Å². The number of hydrogen-bond donors (Lipinski definition) is 1. The first-order valence-electron chi connectivity index (χ1n) is 6.34. The first-order chi connectivity index (χ1) is 8.65. The van der Waals surface area contributed by atoms with E-state index in [2.05, 4.69) is 6.92 Å². The maximum atomic E-state index is 10.8. The second kappa shape index (κ2) is 5.25. The van der Waals surface area contributed by atoms with E-state index in [-0.39, 0.29) is 6.42 Å². The molecule has 1 heterocycles. The van der Waals surface area contributed by atoms with Gasteiger partial charge in [0.05, 0.1) is 0 Å². The summed E-state index contributed by atoms with van der Waals surface area (Å²) in [7, 11) is 0. The molecule has 0 bridgehead atoms. The molecule has 3 nitrogen and oxygen atoms in total. The average molecular weight is 246 g/mol. The fraction of sp³-hybridized carbons (Fsp3) is 0.400. The van der Waals surface area contributed by atoms with Crippen molar-refractivity contribution in [3.63, 3.8) is 0 Å². The summed E-state index contributed by atoms with van der Waals surface area (Å²) in [4.78, 5) is 10.8. The Morgan fingerprint density at radius 1 is 1.33 bits per heavy atom. The Kier molecular flexibility index (Phi) is 3.70. The number of hydrogen-bond acceptors (Lipinski definition) is 2. The van der Waals surface area contributed by atoms with Gasteiger partial charge in [0.1, 0.15) is 11.4 Å². The van der Waals surface area contributed by atoms with E-state index in [9.17, 15) is 4.79 Å². The molecule has 1 aromatic rings. The fourth-order valence-electron chi connectivity index (χ4n) is 2.34. The lowest BCUT2D eigenvalue weighted by molar-refractivity contribution is -0.138. The Balaban J connectivity index is 2.21. The summed E-state index contributed by atoms with van der Waals surface area (Å²) >= 11 is 0. The number of para-hydroxylation sites is 1.